The third-order valence-corrected chi connectivity index (χ3v) is 4.79. The molecular formula is C21H22F4N2O3. The molecule has 1 fully saturated rings. The van der Waals surface area contributed by atoms with Gasteiger partial charge in [-0.15, -0.1) is 0 Å². The molecule has 1 aliphatic heterocycles. The Bertz CT molecular complexity index is 887. The highest BCUT2D eigenvalue weighted by atomic mass is 19.3. The van der Waals surface area contributed by atoms with Crippen molar-refractivity contribution in [1.82, 2.24) is 9.80 Å². The van der Waals surface area contributed by atoms with Crippen molar-refractivity contribution in [1.29, 1.82) is 0 Å². The van der Waals surface area contributed by atoms with Gasteiger partial charge < -0.3 is 14.4 Å². The predicted molar refractivity (Wildman–Crippen MR) is 102 cm³/mol. The standard InChI is InChI=1S/C21H22F4N2O3/c1-2-29-18-12-14(6-7-17(18)30-21(24)25)20(28)27-10-8-26(9-11-27)13-15-4-3-5-16(22)19(15)23/h3-7,12,21H,2,8-11,13H2,1H3. The van der Waals surface area contributed by atoms with Crippen LogP contribution in [0.2, 0.25) is 0 Å². The Balaban J connectivity index is 1.63. The van der Waals surface area contributed by atoms with Crippen LogP contribution in [-0.2, 0) is 6.54 Å². The molecule has 0 aliphatic carbocycles. The summed E-state index contributed by atoms with van der Waals surface area (Å²) >= 11 is 0. The lowest BCUT2D eigenvalue weighted by Gasteiger charge is -2.35. The van der Waals surface area contributed by atoms with Crippen molar-refractivity contribution < 1.29 is 31.8 Å². The van der Waals surface area contributed by atoms with Crippen molar-refractivity contribution in [3.63, 3.8) is 0 Å². The molecule has 162 valence electrons. The average molecular weight is 426 g/mol. The number of halogens is 4. The SMILES string of the molecule is CCOc1cc(C(=O)N2CCN(Cc3cccc(F)c3F)CC2)ccc1OC(F)F. The van der Waals surface area contributed by atoms with Gasteiger partial charge in [-0.1, -0.05) is 12.1 Å². The third-order valence-electron chi connectivity index (χ3n) is 4.79. The molecule has 0 N–H and O–H groups in total. The smallest absolute Gasteiger partial charge is 0.387 e. The molecule has 2 aromatic carbocycles. The summed E-state index contributed by atoms with van der Waals surface area (Å²) in [5, 5.41) is 0. The molecular weight excluding hydrogens is 404 g/mol. The maximum atomic E-state index is 13.9. The van der Waals surface area contributed by atoms with E-state index in [-0.39, 0.29) is 36.1 Å². The van der Waals surface area contributed by atoms with Gasteiger partial charge in [-0.05, 0) is 31.2 Å². The van der Waals surface area contributed by atoms with Crippen LogP contribution < -0.4 is 9.47 Å². The topological polar surface area (TPSA) is 42.0 Å². The van der Waals surface area contributed by atoms with Gasteiger partial charge >= 0.3 is 6.61 Å². The molecule has 0 bridgehead atoms. The van der Waals surface area contributed by atoms with E-state index in [1.165, 1.54) is 30.3 Å². The average Bonchev–Trinajstić information content (AvgIpc) is 2.72. The molecule has 0 atom stereocenters. The van der Waals surface area contributed by atoms with Crippen LogP contribution in [-0.4, -0.2) is 55.1 Å². The fourth-order valence-corrected chi connectivity index (χ4v) is 3.31. The van der Waals surface area contributed by atoms with Crippen molar-refractivity contribution in [3.8, 4) is 11.5 Å². The van der Waals surface area contributed by atoms with Gasteiger partial charge in [0.1, 0.15) is 0 Å². The molecule has 0 spiro atoms. The first-order valence-corrected chi connectivity index (χ1v) is 9.55. The molecule has 0 radical (unpaired) electrons. The van der Waals surface area contributed by atoms with Gasteiger partial charge in [0, 0.05) is 43.9 Å². The first-order chi connectivity index (χ1) is 14.4. The van der Waals surface area contributed by atoms with Crippen molar-refractivity contribution >= 4 is 5.91 Å². The van der Waals surface area contributed by atoms with Crippen LogP contribution in [0, 0.1) is 11.6 Å². The molecule has 0 unspecified atom stereocenters. The Hall–Kier alpha value is -2.81. The summed E-state index contributed by atoms with van der Waals surface area (Å²) in [6, 6.07) is 8.16. The second kappa shape index (κ2) is 9.80. The normalized spacial score (nSPS) is 14.8. The summed E-state index contributed by atoms with van der Waals surface area (Å²) in [5.41, 5.74) is 0.565. The van der Waals surface area contributed by atoms with Gasteiger partial charge in [-0.25, -0.2) is 8.78 Å². The summed E-state index contributed by atoms with van der Waals surface area (Å²) in [6.07, 6.45) is 0. The van der Waals surface area contributed by atoms with Crippen molar-refractivity contribution in [2.75, 3.05) is 32.8 Å². The van der Waals surface area contributed by atoms with Crippen molar-refractivity contribution in [3.05, 3.63) is 59.2 Å². The number of alkyl halides is 2. The fraction of sp³-hybridized carbons (Fsp3) is 0.381. The van der Waals surface area contributed by atoms with E-state index in [1.54, 1.807) is 11.8 Å². The first kappa shape index (κ1) is 21.9. The third kappa shape index (κ3) is 5.21. The van der Waals surface area contributed by atoms with E-state index in [0.717, 1.165) is 6.07 Å². The van der Waals surface area contributed by atoms with Crippen LogP contribution in [0.15, 0.2) is 36.4 Å². The van der Waals surface area contributed by atoms with Crippen LogP contribution in [0.4, 0.5) is 17.6 Å². The summed E-state index contributed by atoms with van der Waals surface area (Å²) in [7, 11) is 0. The van der Waals surface area contributed by atoms with E-state index in [9.17, 15) is 22.4 Å². The second-order valence-electron chi connectivity index (χ2n) is 6.75. The van der Waals surface area contributed by atoms with Gasteiger partial charge in [0.25, 0.3) is 5.91 Å². The molecule has 3 rings (SSSR count). The number of benzene rings is 2. The first-order valence-electron chi connectivity index (χ1n) is 9.55. The minimum absolute atomic E-state index is 0.0730. The van der Waals surface area contributed by atoms with E-state index in [4.69, 9.17) is 4.74 Å². The van der Waals surface area contributed by atoms with Crippen LogP contribution >= 0.6 is 0 Å². The lowest BCUT2D eigenvalue weighted by molar-refractivity contribution is -0.0514. The Morgan fingerprint density at radius 2 is 1.80 bits per heavy atom. The van der Waals surface area contributed by atoms with Gasteiger partial charge in [0.05, 0.1) is 6.61 Å². The highest BCUT2D eigenvalue weighted by molar-refractivity contribution is 5.95. The van der Waals surface area contributed by atoms with E-state index in [2.05, 4.69) is 4.74 Å². The number of hydrogen-bond acceptors (Lipinski definition) is 4. The number of amides is 1. The molecule has 30 heavy (non-hydrogen) atoms. The minimum atomic E-state index is -3.00. The molecule has 1 saturated heterocycles. The van der Waals surface area contributed by atoms with Crippen LogP contribution in [0.1, 0.15) is 22.8 Å². The number of ether oxygens (including phenoxy) is 2. The van der Waals surface area contributed by atoms with E-state index in [1.807, 2.05) is 4.90 Å². The Kier molecular flexibility index (Phi) is 7.15. The Morgan fingerprint density at radius 3 is 2.47 bits per heavy atom. The van der Waals surface area contributed by atoms with Crippen molar-refractivity contribution in [2.45, 2.75) is 20.1 Å². The maximum Gasteiger partial charge on any atom is 0.387 e. The zero-order chi connectivity index (χ0) is 21.7. The van der Waals surface area contributed by atoms with Crippen LogP contribution in [0.25, 0.3) is 0 Å². The van der Waals surface area contributed by atoms with E-state index in [0.29, 0.717) is 31.7 Å². The Labute approximate surface area is 171 Å². The van der Waals surface area contributed by atoms with Crippen molar-refractivity contribution in [2.24, 2.45) is 0 Å². The molecule has 0 saturated carbocycles. The number of rotatable bonds is 7. The monoisotopic (exact) mass is 426 g/mol. The van der Waals surface area contributed by atoms with Crippen LogP contribution in [0.5, 0.6) is 11.5 Å². The number of hydrogen-bond donors (Lipinski definition) is 0. The summed E-state index contributed by atoms with van der Waals surface area (Å²) in [4.78, 5) is 16.4. The molecule has 0 aromatic heterocycles. The second-order valence-corrected chi connectivity index (χ2v) is 6.75. The zero-order valence-electron chi connectivity index (χ0n) is 16.4. The molecule has 1 aliphatic rings. The lowest BCUT2D eigenvalue weighted by Crippen LogP contribution is -2.48. The summed E-state index contributed by atoms with van der Waals surface area (Å²) in [6.45, 7) is 0.957. The number of piperazine rings is 1. The largest absolute Gasteiger partial charge is 0.490 e. The molecule has 1 amide bonds. The number of nitrogens with zero attached hydrogens (tertiary/aromatic N) is 2. The molecule has 9 heteroatoms. The van der Waals surface area contributed by atoms with Crippen LogP contribution in [0.3, 0.4) is 0 Å². The number of carbonyl (C=O) groups is 1. The van der Waals surface area contributed by atoms with Gasteiger partial charge in [0.15, 0.2) is 23.1 Å². The minimum Gasteiger partial charge on any atom is -0.490 e. The summed E-state index contributed by atoms with van der Waals surface area (Å²) < 4.78 is 62.0. The highest BCUT2D eigenvalue weighted by Gasteiger charge is 2.24. The zero-order valence-corrected chi connectivity index (χ0v) is 16.4. The highest BCUT2D eigenvalue weighted by Crippen LogP contribution is 2.30. The quantitative estimate of drug-likeness (QED) is 0.630. The summed E-state index contributed by atoms with van der Waals surface area (Å²) in [5.74, 6) is -2.07. The lowest BCUT2D eigenvalue weighted by atomic mass is 10.1. The van der Waals surface area contributed by atoms with E-state index < -0.39 is 18.2 Å². The molecule has 1 heterocycles. The van der Waals surface area contributed by atoms with E-state index >= 15 is 0 Å². The maximum absolute atomic E-state index is 13.9. The fourth-order valence-electron chi connectivity index (χ4n) is 3.31. The molecule has 2 aromatic rings. The molecule has 5 nitrogen and oxygen atoms in total. The van der Waals surface area contributed by atoms with Gasteiger partial charge in [-0.2, -0.15) is 8.78 Å². The predicted octanol–water partition coefficient (Wildman–Crippen LogP) is 3.92. The Morgan fingerprint density at radius 1 is 1.07 bits per heavy atom. The van der Waals surface area contributed by atoms with Gasteiger partial charge in [0.2, 0.25) is 0 Å². The number of carbonyl (C=O) groups excluding carboxylic acids is 1. The van der Waals surface area contributed by atoms with Gasteiger partial charge in [-0.3, -0.25) is 9.69 Å².